The molecule has 1 atom stereocenters. The van der Waals surface area contributed by atoms with Gasteiger partial charge in [-0.15, -0.1) is 11.8 Å². The molecule has 4 aromatic rings. The number of amides is 1. The third-order valence-electron chi connectivity index (χ3n) is 4.40. The number of fused-ring (bicyclic) bond motifs is 1. The maximum Gasteiger partial charge on any atom is 0.251 e. The molecule has 1 aromatic carbocycles. The summed E-state index contributed by atoms with van der Waals surface area (Å²) in [5.41, 5.74) is 3.46. The maximum atomic E-state index is 12.5. The topological polar surface area (TPSA) is 59.3 Å². The molecule has 5 nitrogen and oxygen atoms in total. The molecule has 0 aliphatic carbocycles. The predicted octanol–water partition coefficient (Wildman–Crippen LogP) is 4.51. The molecule has 1 amide bonds. The zero-order chi connectivity index (χ0) is 19.3. The Morgan fingerprint density at radius 1 is 1.11 bits per heavy atom. The number of carbonyl (C=O) groups excluding carboxylic acids is 1. The third kappa shape index (κ3) is 4.23. The lowest BCUT2D eigenvalue weighted by atomic mass is 10.1. The van der Waals surface area contributed by atoms with Crippen molar-refractivity contribution in [3.8, 4) is 0 Å². The fourth-order valence-corrected chi connectivity index (χ4v) is 3.68. The zero-order valence-corrected chi connectivity index (χ0v) is 16.3. The molecule has 0 aliphatic heterocycles. The molecular formula is C22H20N4OS. The highest BCUT2D eigenvalue weighted by Gasteiger charge is 2.12. The predicted molar refractivity (Wildman–Crippen MR) is 111 cm³/mol. The SMILES string of the molecule is C[C@@H](NC(=O)c1ccc(SCc2cn3ccccc3n2)cc1)c1ccccn1. The lowest BCUT2D eigenvalue weighted by Gasteiger charge is -2.13. The molecule has 0 radical (unpaired) electrons. The Morgan fingerprint density at radius 2 is 1.93 bits per heavy atom. The second-order valence-corrected chi connectivity index (χ2v) is 7.51. The van der Waals surface area contributed by atoms with Crippen LogP contribution in [-0.2, 0) is 5.75 Å². The molecule has 1 N–H and O–H groups in total. The minimum absolute atomic E-state index is 0.102. The molecule has 4 rings (SSSR count). The fraction of sp³-hybridized carbons (Fsp3) is 0.136. The van der Waals surface area contributed by atoms with E-state index in [9.17, 15) is 4.79 Å². The van der Waals surface area contributed by atoms with E-state index in [1.165, 1.54) is 0 Å². The van der Waals surface area contributed by atoms with Gasteiger partial charge in [-0.05, 0) is 55.5 Å². The van der Waals surface area contributed by atoms with Crippen molar-refractivity contribution in [1.29, 1.82) is 0 Å². The number of hydrogen-bond donors (Lipinski definition) is 1. The Hall–Kier alpha value is -3.12. The molecule has 0 unspecified atom stereocenters. The molecule has 0 spiro atoms. The number of benzene rings is 1. The van der Waals surface area contributed by atoms with Crippen molar-refractivity contribution >= 4 is 23.3 Å². The number of carbonyl (C=O) groups is 1. The highest BCUT2D eigenvalue weighted by atomic mass is 32.2. The molecule has 0 saturated carbocycles. The minimum atomic E-state index is -0.141. The van der Waals surface area contributed by atoms with E-state index in [0.717, 1.165) is 27.7 Å². The fourth-order valence-electron chi connectivity index (χ4n) is 2.90. The van der Waals surface area contributed by atoms with Gasteiger partial charge in [0.2, 0.25) is 0 Å². The Balaban J connectivity index is 1.36. The van der Waals surface area contributed by atoms with Crippen molar-refractivity contribution < 1.29 is 4.79 Å². The molecular weight excluding hydrogens is 368 g/mol. The van der Waals surface area contributed by atoms with Crippen molar-refractivity contribution in [2.45, 2.75) is 23.6 Å². The molecule has 28 heavy (non-hydrogen) atoms. The van der Waals surface area contributed by atoms with Gasteiger partial charge in [-0.3, -0.25) is 9.78 Å². The van der Waals surface area contributed by atoms with Crippen LogP contribution < -0.4 is 5.32 Å². The van der Waals surface area contributed by atoms with Crippen LogP contribution in [0.1, 0.15) is 34.7 Å². The second-order valence-electron chi connectivity index (χ2n) is 6.46. The molecule has 140 valence electrons. The number of thioether (sulfide) groups is 1. The average molecular weight is 388 g/mol. The van der Waals surface area contributed by atoms with Gasteiger partial charge in [-0.25, -0.2) is 4.98 Å². The number of rotatable bonds is 6. The van der Waals surface area contributed by atoms with Gasteiger partial charge < -0.3 is 9.72 Å². The summed E-state index contributed by atoms with van der Waals surface area (Å²) >= 11 is 1.70. The van der Waals surface area contributed by atoms with Crippen LogP contribution in [0.25, 0.3) is 5.65 Å². The number of nitrogens with zero attached hydrogens (tertiary/aromatic N) is 3. The minimum Gasteiger partial charge on any atom is -0.344 e. The Morgan fingerprint density at radius 3 is 2.68 bits per heavy atom. The Bertz CT molecular complexity index is 1040. The summed E-state index contributed by atoms with van der Waals surface area (Å²) < 4.78 is 2.02. The summed E-state index contributed by atoms with van der Waals surface area (Å²) in [6, 6.07) is 19.2. The first-order chi connectivity index (χ1) is 13.7. The largest absolute Gasteiger partial charge is 0.344 e. The first-order valence-corrected chi connectivity index (χ1v) is 10.0. The van der Waals surface area contributed by atoms with Gasteiger partial charge in [-0.2, -0.15) is 0 Å². The second kappa shape index (κ2) is 8.27. The molecule has 0 aliphatic rings. The number of imidazole rings is 1. The van der Waals surface area contributed by atoms with Crippen LogP contribution >= 0.6 is 11.8 Å². The first kappa shape index (κ1) is 18.3. The van der Waals surface area contributed by atoms with Gasteiger partial charge in [0.15, 0.2) is 0 Å². The number of pyridine rings is 2. The van der Waals surface area contributed by atoms with E-state index >= 15 is 0 Å². The van der Waals surface area contributed by atoms with Crippen molar-refractivity contribution in [3.63, 3.8) is 0 Å². The molecule has 0 bridgehead atoms. The van der Waals surface area contributed by atoms with E-state index in [1.54, 1.807) is 18.0 Å². The lowest BCUT2D eigenvalue weighted by Crippen LogP contribution is -2.27. The lowest BCUT2D eigenvalue weighted by molar-refractivity contribution is 0.0939. The highest BCUT2D eigenvalue weighted by Crippen LogP contribution is 2.23. The summed E-state index contributed by atoms with van der Waals surface area (Å²) in [6.07, 6.45) is 5.77. The monoisotopic (exact) mass is 388 g/mol. The van der Waals surface area contributed by atoms with Gasteiger partial charge in [0.05, 0.1) is 17.4 Å². The molecule has 3 aromatic heterocycles. The van der Waals surface area contributed by atoms with Gasteiger partial charge in [-0.1, -0.05) is 12.1 Å². The standard InChI is InChI=1S/C22H20N4OS/c1-16(20-6-2-4-12-23-20)24-22(27)17-8-10-19(11-9-17)28-15-18-14-26-13-5-3-7-21(26)25-18/h2-14,16H,15H2,1H3,(H,24,27)/t16-/m1/s1. The van der Waals surface area contributed by atoms with Crippen LogP contribution in [-0.4, -0.2) is 20.3 Å². The van der Waals surface area contributed by atoms with Gasteiger partial charge in [0.1, 0.15) is 5.65 Å². The van der Waals surface area contributed by atoms with E-state index in [2.05, 4.69) is 15.3 Å². The van der Waals surface area contributed by atoms with Crippen molar-refractivity contribution in [2.24, 2.45) is 0 Å². The summed E-state index contributed by atoms with van der Waals surface area (Å²) in [7, 11) is 0. The zero-order valence-electron chi connectivity index (χ0n) is 15.4. The molecule has 6 heteroatoms. The normalized spacial score (nSPS) is 12.0. The van der Waals surface area contributed by atoms with Crippen LogP contribution in [0.4, 0.5) is 0 Å². The summed E-state index contributed by atoms with van der Waals surface area (Å²) in [4.78, 5) is 22.5. The third-order valence-corrected chi connectivity index (χ3v) is 5.44. The van der Waals surface area contributed by atoms with Crippen LogP contribution in [0.15, 0.2) is 84.1 Å². The maximum absolute atomic E-state index is 12.5. The average Bonchev–Trinajstić information content (AvgIpc) is 3.16. The van der Waals surface area contributed by atoms with Gasteiger partial charge >= 0.3 is 0 Å². The molecule has 0 fully saturated rings. The van der Waals surface area contributed by atoms with E-state index < -0.39 is 0 Å². The summed E-state index contributed by atoms with van der Waals surface area (Å²) in [5.74, 6) is 0.680. The van der Waals surface area contributed by atoms with E-state index in [4.69, 9.17) is 0 Å². The van der Waals surface area contributed by atoms with E-state index in [0.29, 0.717) is 5.56 Å². The van der Waals surface area contributed by atoms with Crippen molar-refractivity contribution in [2.75, 3.05) is 0 Å². The van der Waals surface area contributed by atoms with Crippen molar-refractivity contribution in [1.82, 2.24) is 19.7 Å². The smallest absolute Gasteiger partial charge is 0.251 e. The molecule has 0 saturated heterocycles. The highest BCUT2D eigenvalue weighted by molar-refractivity contribution is 7.98. The van der Waals surface area contributed by atoms with E-state index in [-0.39, 0.29) is 11.9 Å². The van der Waals surface area contributed by atoms with Crippen LogP contribution in [0.2, 0.25) is 0 Å². The van der Waals surface area contributed by atoms with Crippen LogP contribution in [0.3, 0.4) is 0 Å². The van der Waals surface area contributed by atoms with Gasteiger partial charge in [0, 0.05) is 34.8 Å². The number of aromatic nitrogens is 3. The van der Waals surface area contributed by atoms with Gasteiger partial charge in [0.25, 0.3) is 5.91 Å². The first-order valence-electron chi connectivity index (χ1n) is 9.06. The van der Waals surface area contributed by atoms with Crippen LogP contribution in [0.5, 0.6) is 0 Å². The Labute approximate surface area is 167 Å². The van der Waals surface area contributed by atoms with Crippen LogP contribution in [0, 0.1) is 0 Å². The number of hydrogen-bond acceptors (Lipinski definition) is 4. The quantitative estimate of drug-likeness (QED) is 0.494. The number of nitrogens with one attached hydrogen (secondary N) is 1. The van der Waals surface area contributed by atoms with E-state index in [1.807, 2.05) is 84.4 Å². The summed E-state index contributed by atoms with van der Waals surface area (Å²) in [5, 5.41) is 2.98. The molecule has 3 heterocycles. The van der Waals surface area contributed by atoms with Crippen molar-refractivity contribution in [3.05, 3.63) is 96.2 Å². The summed E-state index contributed by atoms with van der Waals surface area (Å²) in [6.45, 7) is 1.93. The Kier molecular flexibility index (Phi) is 5.39.